The third-order valence-electron chi connectivity index (χ3n) is 3.05. The van der Waals surface area contributed by atoms with Crippen molar-refractivity contribution in [3.05, 3.63) is 28.2 Å². The standard InChI is InChI=1S/C15H20BrNO2/c1-15(2,3)12-8-10(16)4-7-13(12)19-9-14(18)17-11-5-6-11/h4,7-8,11H,5-6,9H2,1-3H3,(H,17,18). The van der Waals surface area contributed by atoms with Crippen molar-refractivity contribution in [2.24, 2.45) is 0 Å². The molecule has 0 radical (unpaired) electrons. The van der Waals surface area contributed by atoms with Gasteiger partial charge in [-0.05, 0) is 36.5 Å². The Morgan fingerprint density at radius 1 is 1.42 bits per heavy atom. The Morgan fingerprint density at radius 2 is 2.11 bits per heavy atom. The number of ether oxygens (including phenoxy) is 1. The second kappa shape index (κ2) is 5.53. The van der Waals surface area contributed by atoms with E-state index in [2.05, 4.69) is 42.0 Å². The Balaban J connectivity index is 2.04. The molecule has 0 bridgehead atoms. The molecule has 0 saturated heterocycles. The molecule has 4 heteroatoms. The van der Waals surface area contributed by atoms with E-state index in [9.17, 15) is 4.79 Å². The van der Waals surface area contributed by atoms with Gasteiger partial charge in [0, 0.05) is 16.1 Å². The lowest BCUT2D eigenvalue weighted by Gasteiger charge is -2.23. The summed E-state index contributed by atoms with van der Waals surface area (Å²) < 4.78 is 6.70. The zero-order valence-corrected chi connectivity index (χ0v) is 13.2. The number of halogens is 1. The molecular formula is C15H20BrNO2. The minimum Gasteiger partial charge on any atom is -0.483 e. The van der Waals surface area contributed by atoms with Gasteiger partial charge in [0.1, 0.15) is 5.75 Å². The monoisotopic (exact) mass is 325 g/mol. The van der Waals surface area contributed by atoms with Gasteiger partial charge in [0.2, 0.25) is 0 Å². The van der Waals surface area contributed by atoms with Gasteiger partial charge in [-0.25, -0.2) is 0 Å². The molecule has 0 atom stereocenters. The molecule has 2 rings (SSSR count). The lowest BCUT2D eigenvalue weighted by Crippen LogP contribution is -2.30. The third-order valence-corrected chi connectivity index (χ3v) is 3.54. The Bertz CT molecular complexity index is 476. The van der Waals surface area contributed by atoms with Crippen molar-refractivity contribution in [1.82, 2.24) is 5.32 Å². The molecule has 0 aliphatic heterocycles. The maximum atomic E-state index is 11.6. The van der Waals surface area contributed by atoms with Crippen LogP contribution in [-0.2, 0) is 10.2 Å². The zero-order valence-electron chi connectivity index (χ0n) is 11.6. The lowest BCUT2D eigenvalue weighted by atomic mass is 9.86. The molecule has 104 valence electrons. The molecule has 1 aromatic carbocycles. The highest BCUT2D eigenvalue weighted by Gasteiger charge is 2.24. The first-order valence-electron chi connectivity index (χ1n) is 6.58. The number of carbonyl (C=O) groups is 1. The Hall–Kier alpha value is -1.03. The van der Waals surface area contributed by atoms with Crippen LogP contribution in [0.4, 0.5) is 0 Å². The first kappa shape index (κ1) is 14.4. The summed E-state index contributed by atoms with van der Waals surface area (Å²) in [5.74, 6) is 0.743. The smallest absolute Gasteiger partial charge is 0.258 e. The van der Waals surface area contributed by atoms with E-state index in [-0.39, 0.29) is 17.9 Å². The number of amides is 1. The Morgan fingerprint density at radius 3 is 2.68 bits per heavy atom. The van der Waals surface area contributed by atoms with Gasteiger partial charge >= 0.3 is 0 Å². The second-order valence-electron chi connectivity index (χ2n) is 6.02. The fourth-order valence-corrected chi connectivity index (χ4v) is 2.22. The highest BCUT2D eigenvalue weighted by Crippen LogP contribution is 2.33. The SMILES string of the molecule is CC(C)(C)c1cc(Br)ccc1OCC(=O)NC1CC1. The molecule has 0 aromatic heterocycles. The molecular weight excluding hydrogens is 306 g/mol. The summed E-state index contributed by atoms with van der Waals surface area (Å²) in [5, 5.41) is 2.92. The van der Waals surface area contributed by atoms with Gasteiger partial charge in [0.05, 0.1) is 0 Å². The van der Waals surface area contributed by atoms with Gasteiger partial charge in [-0.15, -0.1) is 0 Å². The molecule has 0 unspecified atom stereocenters. The normalized spacial score (nSPS) is 15.2. The van der Waals surface area contributed by atoms with Gasteiger partial charge in [0.25, 0.3) is 5.91 Å². The fraction of sp³-hybridized carbons (Fsp3) is 0.533. The predicted molar refractivity (Wildman–Crippen MR) is 79.5 cm³/mol. The first-order valence-corrected chi connectivity index (χ1v) is 7.38. The number of carbonyl (C=O) groups excluding carboxylic acids is 1. The van der Waals surface area contributed by atoms with Gasteiger partial charge in [0.15, 0.2) is 6.61 Å². The highest BCUT2D eigenvalue weighted by atomic mass is 79.9. The Labute approximate surface area is 122 Å². The number of benzene rings is 1. The van der Waals surface area contributed by atoms with Crippen LogP contribution in [-0.4, -0.2) is 18.6 Å². The molecule has 1 amide bonds. The zero-order chi connectivity index (χ0) is 14.0. The van der Waals surface area contributed by atoms with E-state index in [1.54, 1.807) is 0 Å². The van der Waals surface area contributed by atoms with Gasteiger partial charge in [-0.3, -0.25) is 4.79 Å². The van der Waals surface area contributed by atoms with Crippen molar-refractivity contribution in [2.45, 2.75) is 45.1 Å². The van der Waals surface area contributed by atoms with Crippen molar-refractivity contribution >= 4 is 21.8 Å². The van der Waals surface area contributed by atoms with Crippen LogP contribution < -0.4 is 10.1 Å². The summed E-state index contributed by atoms with van der Waals surface area (Å²) in [4.78, 5) is 11.6. The van der Waals surface area contributed by atoms with Gasteiger partial charge in [-0.1, -0.05) is 36.7 Å². The average molecular weight is 326 g/mol. The summed E-state index contributed by atoms with van der Waals surface area (Å²) >= 11 is 3.47. The van der Waals surface area contributed by atoms with Crippen molar-refractivity contribution < 1.29 is 9.53 Å². The average Bonchev–Trinajstić information content (AvgIpc) is 3.10. The minimum absolute atomic E-state index is 0.0217. The van der Waals surface area contributed by atoms with E-state index in [4.69, 9.17) is 4.74 Å². The van der Waals surface area contributed by atoms with Crippen LogP contribution in [0.3, 0.4) is 0 Å². The highest BCUT2D eigenvalue weighted by molar-refractivity contribution is 9.10. The minimum atomic E-state index is -0.0368. The quantitative estimate of drug-likeness (QED) is 0.921. The van der Waals surface area contributed by atoms with E-state index < -0.39 is 0 Å². The summed E-state index contributed by atoms with van der Waals surface area (Å²) in [6.45, 7) is 6.48. The molecule has 1 N–H and O–H groups in total. The van der Waals surface area contributed by atoms with Crippen LogP contribution in [0.25, 0.3) is 0 Å². The van der Waals surface area contributed by atoms with Crippen LogP contribution in [0.1, 0.15) is 39.2 Å². The molecule has 1 aliphatic carbocycles. The van der Waals surface area contributed by atoms with Gasteiger partial charge < -0.3 is 10.1 Å². The summed E-state index contributed by atoms with van der Waals surface area (Å²) in [5.41, 5.74) is 1.08. The number of hydrogen-bond acceptors (Lipinski definition) is 2. The topological polar surface area (TPSA) is 38.3 Å². The van der Waals surface area contributed by atoms with E-state index in [0.29, 0.717) is 6.04 Å². The fourth-order valence-electron chi connectivity index (χ4n) is 1.85. The van der Waals surface area contributed by atoms with E-state index in [1.165, 1.54) is 0 Å². The van der Waals surface area contributed by atoms with Crippen LogP contribution in [0.2, 0.25) is 0 Å². The molecule has 19 heavy (non-hydrogen) atoms. The Kier molecular flexibility index (Phi) is 4.19. The van der Waals surface area contributed by atoms with E-state index in [0.717, 1.165) is 28.6 Å². The molecule has 0 heterocycles. The molecule has 1 aromatic rings. The third kappa shape index (κ3) is 4.23. The molecule has 3 nitrogen and oxygen atoms in total. The maximum absolute atomic E-state index is 11.6. The maximum Gasteiger partial charge on any atom is 0.258 e. The summed E-state index contributed by atoms with van der Waals surface area (Å²) in [6, 6.07) is 6.27. The summed E-state index contributed by atoms with van der Waals surface area (Å²) in [7, 11) is 0. The van der Waals surface area contributed by atoms with Crippen LogP contribution in [0.15, 0.2) is 22.7 Å². The number of hydrogen-bond donors (Lipinski definition) is 1. The van der Waals surface area contributed by atoms with E-state index in [1.807, 2.05) is 18.2 Å². The van der Waals surface area contributed by atoms with Crippen molar-refractivity contribution in [3.8, 4) is 5.75 Å². The van der Waals surface area contributed by atoms with Crippen molar-refractivity contribution in [2.75, 3.05) is 6.61 Å². The first-order chi connectivity index (χ1) is 8.86. The molecule has 1 aliphatic rings. The largest absolute Gasteiger partial charge is 0.483 e. The van der Waals surface area contributed by atoms with Crippen molar-refractivity contribution in [3.63, 3.8) is 0 Å². The number of nitrogens with one attached hydrogen (secondary N) is 1. The second-order valence-corrected chi connectivity index (χ2v) is 6.94. The lowest BCUT2D eigenvalue weighted by molar-refractivity contribution is -0.123. The molecule has 1 saturated carbocycles. The van der Waals surface area contributed by atoms with Crippen molar-refractivity contribution in [1.29, 1.82) is 0 Å². The van der Waals surface area contributed by atoms with Gasteiger partial charge in [-0.2, -0.15) is 0 Å². The predicted octanol–water partition coefficient (Wildman–Crippen LogP) is 3.40. The van der Waals surface area contributed by atoms with Crippen LogP contribution >= 0.6 is 15.9 Å². The molecule has 0 spiro atoms. The van der Waals surface area contributed by atoms with E-state index >= 15 is 0 Å². The number of rotatable bonds is 4. The van der Waals surface area contributed by atoms with Crippen LogP contribution in [0.5, 0.6) is 5.75 Å². The molecule has 1 fully saturated rings. The summed E-state index contributed by atoms with van der Waals surface area (Å²) in [6.07, 6.45) is 2.19. The van der Waals surface area contributed by atoms with Crippen LogP contribution in [0, 0.1) is 0 Å².